The highest BCUT2D eigenvalue weighted by molar-refractivity contribution is 5.96. The average molecular weight is 250 g/mol. The lowest BCUT2D eigenvalue weighted by Crippen LogP contribution is -2.24. The van der Waals surface area contributed by atoms with Crippen LogP contribution in [0.5, 0.6) is 0 Å². The summed E-state index contributed by atoms with van der Waals surface area (Å²) in [4.78, 5) is 22.8. The lowest BCUT2D eigenvalue weighted by molar-refractivity contribution is -0.387. The molecule has 1 heterocycles. The first-order valence-electron chi connectivity index (χ1n) is 5.39. The summed E-state index contributed by atoms with van der Waals surface area (Å²) in [5.41, 5.74) is -0.252. The molecule has 1 amide bonds. The molecule has 0 aliphatic carbocycles. The number of halogens is 1. The van der Waals surface area contributed by atoms with Crippen molar-refractivity contribution < 1.29 is 14.1 Å². The van der Waals surface area contributed by atoms with Crippen LogP contribution in [0.4, 0.5) is 15.8 Å². The van der Waals surface area contributed by atoms with E-state index in [0.717, 1.165) is 12.1 Å². The summed E-state index contributed by atoms with van der Waals surface area (Å²) in [6.07, 6.45) is 2.02. The van der Waals surface area contributed by atoms with Gasteiger partial charge in [-0.25, -0.2) is 0 Å². The van der Waals surface area contributed by atoms with E-state index in [-0.39, 0.29) is 11.8 Å². The van der Waals surface area contributed by atoms with E-state index in [9.17, 15) is 19.3 Å². The second kappa shape index (κ2) is 4.56. The molecule has 1 aliphatic rings. The number of anilines is 1. The molecule has 1 aromatic rings. The van der Waals surface area contributed by atoms with Crippen LogP contribution in [0, 0.1) is 21.8 Å². The van der Waals surface area contributed by atoms with Crippen LogP contribution in [0.3, 0.4) is 0 Å². The van der Waals surface area contributed by atoms with Crippen molar-refractivity contribution in [3.63, 3.8) is 0 Å². The van der Waals surface area contributed by atoms with Gasteiger partial charge in [-0.2, -0.15) is 4.39 Å². The van der Waals surface area contributed by atoms with Gasteiger partial charge in [0.25, 0.3) is 0 Å². The molecule has 5 nitrogen and oxygen atoms in total. The lowest BCUT2D eigenvalue weighted by Gasteiger charge is -2.16. The quantitative estimate of drug-likeness (QED) is 0.469. The molecule has 1 saturated heterocycles. The minimum absolute atomic E-state index is 0.0377. The molecule has 1 atom stereocenters. The maximum atomic E-state index is 13.5. The highest BCUT2D eigenvalue weighted by atomic mass is 19.1. The maximum absolute atomic E-state index is 13.5. The van der Waals surface area contributed by atoms with Gasteiger partial charge < -0.3 is 4.90 Å². The molecule has 0 N–H and O–H groups in total. The van der Waals surface area contributed by atoms with Crippen molar-refractivity contribution in [3.8, 4) is 0 Å². The van der Waals surface area contributed by atoms with Crippen molar-refractivity contribution in [1.29, 1.82) is 0 Å². The number of hydrogen-bond donors (Lipinski definition) is 0. The van der Waals surface area contributed by atoms with Crippen LogP contribution < -0.4 is 4.90 Å². The molecule has 0 bridgehead atoms. The molecule has 1 aromatic carbocycles. The standard InChI is InChI=1S/C12H11FN2O3/c1-2-8-5-12(16)14(7-8)9-3-4-11(15(17)18)10(13)6-9/h2-4,6,8H,1,5,7H2. The number of hydrogen-bond acceptors (Lipinski definition) is 3. The van der Waals surface area contributed by atoms with Gasteiger partial charge in [-0.3, -0.25) is 14.9 Å². The fraction of sp³-hybridized carbons (Fsp3) is 0.250. The Bertz CT molecular complexity index is 530. The number of carbonyl (C=O) groups is 1. The first-order valence-corrected chi connectivity index (χ1v) is 5.39. The van der Waals surface area contributed by atoms with E-state index in [4.69, 9.17) is 0 Å². The van der Waals surface area contributed by atoms with E-state index in [0.29, 0.717) is 18.7 Å². The van der Waals surface area contributed by atoms with E-state index in [1.54, 1.807) is 6.08 Å². The normalized spacial score (nSPS) is 19.1. The number of nitro benzene ring substituents is 1. The monoisotopic (exact) mass is 250 g/mol. The molecule has 18 heavy (non-hydrogen) atoms. The number of benzene rings is 1. The van der Waals surface area contributed by atoms with Crippen LogP contribution in [-0.4, -0.2) is 17.4 Å². The van der Waals surface area contributed by atoms with E-state index >= 15 is 0 Å². The number of rotatable bonds is 3. The molecule has 1 aliphatic heterocycles. The van der Waals surface area contributed by atoms with Gasteiger partial charge >= 0.3 is 5.69 Å². The Hall–Kier alpha value is -2.24. The molecule has 1 unspecified atom stereocenters. The molecule has 6 heteroatoms. The first kappa shape index (κ1) is 12.2. The number of carbonyl (C=O) groups excluding carboxylic acids is 1. The number of nitro groups is 1. The summed E-state index contributed by atoms with van der Waals surface area (Å²) in [6, 6.07) is 3.46. The third-order valence-corrected chi connectivity index (χ3v) is 2.93. The Morgan fingerprint density at radius 1 is 1.56 bits per heavy atom. The first-order chi connectivity index (χ1) is 8.52. The zero-order chi connectivity index (χ0) is 13.3. The van der Waals surface area contributed by atoms with Crippen molar-refractivity contribution >= 4 is 17.3 Å². The van der Waals surface area contributed by atoms with Gasteiger partial charge in [0.1, 0.15) is 0 Å². The number of amides is 1. The Morgan fingerprint density at radius 2 is 2.28 bits per heavy atom. The van der Waals surface area contributed by atoms with E-state index in [1.165, 1.54) is 11.0 Å². The van der Waals surface area contributed by atoms with Crippen molar-refractivity contribution in [3.05, 3.63) is 46.8 Å². The van der Waals surface area contributed by atoms with E-state index < -0.39 is 16.4 Å². The smallest absolute Gasteiger partial charge is 0.304 e. The van der Waals surface area contributed by atoms with Crippen LogP contribution in [0.15, 0.2) is 30.9 Å². The van der Waals surface area contributed by atoms with Gasteiger partial charge in [-0.15, -0.1) is 6.58 Å². The van der Waals surface area contributed by atoms with Crippen LogP contribution in [0.2, 0.25) is 0 Å². The lowest BCUT2D eigenvalue weighted by atomic mass is 10.1. The minimum Gasteiger partial charge on any atom is -0.312 e. The Balaban J connectivity index is 2.30. The van der Waals surface area contributed by atoms with Crippen molar-refractivity contribution in [2.45, 2.75) is 6.42 Å². The molecule has 0 saturated carbocycles. The molecular formula is C12H11FN2O3. The van der Waals surface area contributed by atoms with Crippen LogP contribution in [0.1, 0.15) is 6.42 Å². The summed E-state index contributed by atoms with van der Waals surface area (Å²) in [7, 11) is 0. The second-order valence-electron chi connectivity index (χ2n) is 4.10. The van der Waals surface area contributed by atoms with Crippen LogP contribution in [-0.2, 0) is 4.79 Å². The topological polar surface area (TPSA) is 63.5 Å². The Kier molecular flexibility index (Phi) is 3.10. The molecule has 1 fully saturated rings. The largest absolute Gasteiger partial charge is 0.312 e. The third-order valence-electron chi connectivity index (χ3n) is 2.93. The maximum Gasteiger partial charge on any atom is 0.304 e. The number of nitrogens with zero attached hydrogens (tertiary/aromatic N) is 2. The minimum atomic E-state index is -0.938. The molecule has 2 rings (SSSR count). The van der Waals surface area contributed by atoms with Crippen molar-refractivity contribution in [1.82, 2.24) is 0 Å². The van der Waals surface area contributed by atoms with Crippen molar-refractivity contribution in [2.24, 2.45) is 5.92 Å². The third kappa shape index (κ3) is 2.09. The summed E-state index contributed by atoms with van der Waals surface area (Å²) < 4.78 is 13.5. The summed E-state index contributed by atoms with van der Waals surface area (Å²) >= 11 is 0. The van der Waals surface area contributed by atoms with Gasteiger partial charge in [0.2, 0.25) is 11.7 Å². The van der Waals surface area contributed by atoms with Gasteiger partial charge in [0.15, 0.2) is 0 Å². The van der Waals surface area contributed by atoms with E-state index in [1.807, 2.05) is 0 Å². The van der Waals surface area contributed by atoms with E-state index in [2.05, 4.69) is 6.58 Å². The molecule has 94 valence electrons. The zero-order valence-corrected chi connectivity index (χ0v) is 9.51. The molecule has 0 aromatic heterocycles. The summed E-state index contributed by atoms with van der Waals surface area (Å²) in [5.74, 6) is -1.03. The molecular weight excluding hydrogens is 239 g/mol. The second-order valence-corrected chi connectivity index (χ2v) is 4.10. The Morgan fingerprint density at radius 3 is 2.78 bits per heavy atom. The van der Waals surface area contributed by atoms with Gasteiger partial charge in [0, 0.05) is 36.7 Å². The summed E-state index contributed by atoms with van der Waals surface area (Å²) in [5, 5.41) is 10.5. The summed E-state index contributed by atoms with van der Waals surface area (Å²) in [6.45, 7) is 4.05. The van der Waals surface area contributed by atoms with Crippen LogP contribution in [0.25, 0.3) is 0 Å². The molecule has 0 spiro atoms. The van der Waals surface area contributed by atoms with Crippen LogP contribution >= 0.6 is 0 Å². The van der Waals surface area contributed by atoms with Gasteiger partial charge in [-0.1, -0.05) is 6.08 Å². The Labute approximate surface area is 103 Å². The average Bonchev–Trinajstić information content (AvgIpc) is 2.70. The highest BCUT2D eigenvalue weighted by Crippen LogP contribution is 2.28. The SMILES string of the molecule is C=CC1CC(=O)N(c2ccc([N+](=O)[O-])c(F)c2)C1. The predicted molar refractivity (Wildman–Crippen MR) is 63.7 cm³/mol. The predicted octanol–water partition coefficient (Wildman–Crippen LogP) is 2.27. The fourth-order valence-corrected chi connectivity index (χ4v) is 1.95. The van der Waals surface area contributed by atoms with Crippen molar-refractivity contribution in [2.75, 3.05) is 11.4 Å². The van der Waals surface area contributed by atoms with Gasteiger partial charge in [0.05, 0.1) is 4.92 Å². The fourth-order valence-electron chi connectivity index (χ4n) is 1.95. The highest BCUT2D eigenvalue weighted by Gasteiger charge is 2.29. The zero-order valence-electron chi connectivity index (χ0n) is 9.51. The molecule has 0 radical (unpaired) electrons. The van der Waals surface area contributed by atoms with Gasteiger partial charge in [-0.05, 0) is 6.07 Å².